The fourth-order valence-electron chi connectivity index (χ4n) is 2.00. The Balaban J connectivity index is 2.70. The highest BCUT2D eigenvalue weighted by atomic mass is 19.4. The zero-order chi connectivity index (χ0) is 22.2. The van der Waals surface area contributed by atoms with E-state index < -0.39 is 42.5 Å². The summed E-state index contributed by atoms with van der Waals surface area (Å²) < 4.78 is 48.2. The van der Waals surface area contributed by atoms with Crippen molar-refractivity contribution in [3.63, 3.8) is 0 Å². The van der Waals surface area contributed by atoms with Gasteiger partial charge >= 0.3 is 18.4 Å². The summed E-state index contributed by atoms with van der Waals surface area (Å²) in [6.07, 6.45) is -7.04. The van der Waals surface area contributed by atoms with Crippen molar-refractivity contribution in [1.29, 1.82) is 0 Å². The first-order chi connectivity index (χ1) is 13.3. The van der Waals surface area contributed by atoms with Crippen molar-refractivity contribution in [2.75, 3.05) is 6.54 Å². The molecule has 162 valence electrons. The molecule has 0 aliphatic rings. The first-order valence-corrected chi connectivity index (χ1v) is 8.62. The van der Waals surface area contributed by atoms with Gasteiger partial charge in [0.05, 0.1) is 0 Å². The molecule has 0 aromatic heterocycles. The second kappa shape index (κ2) is 9.99. The minimum atomic E-state index is -4.79. The molecule has 2 N–H and O–H groups in total. The van der Waals surface area contributed by atoms with Crippen molar-refractivity contribution in [2.24, 2.45) is 0 Å². The Morgan fingerprint density at radius 3 is 2.17 bits per heavy atom. The highest BCUT2D eigenvalue weighted by molar-refractivity contribution is 5.86. The zero-order valence-electron chi connectivity index (χ0n) is 16.5. The molecule has 1 atom stereocenters. The normalized spacial score (nSPS) is 12.5. The predicted molar refractivity (Wildman–Crippen MR) is 96.4 cm³/mol. The van der Waals surface area contributed by atoms with Gasteiger partial charge in [0.2, 0.25) is 0 Å². The monoisotopic (exact) mass is 419 g/mol. The number of hydrazine groups is 1. The van der Waals surface area contributed by atoms with E-state index in [2.05, 4.69) is 5.32 Å². The Kier molecular flexibility index (Phi) is 8.28. The maximum absolute atomic E-state index is 12.8. The second-order valence-electron chi connectivity index (χ2n) is 7.08. The molecule has 0 fully saturated rings. The maximum atomic E-state index is 12.8. The van der Waals surface area contributed by atoms with Gasteiger partial charge in [-0.3, -0.25) is 4.79 Å². The third kappa shape index (κ3) is 10.2. The van der Waals surface area contributed by atoms with E-state index in [1.54, 1.807) is 35.8 Å². The van der Waals surface area contributed by atoms with Crippen molar-refractivity contribution < 1.29 is 37.0 Å². The number of rotatable bonds is 5. The topological polar surface area (TPSA) is 97.0 Å². The molecule has 0 aliphatic carbocycles. The summed E-state index contributed by atoms with van der Waals surface area (Å²) in [4.78, 5) is 35.9. The van der Waals surface area contributed by atoms with Gasteiger partial charge in [-0.25, -0.2) is 20.0 Å². The molecule has 8 nitrogen and oxygen atoms in total. The van der Waals surface area contributed by atoms with E-state index in [0.29, 0.717) is 5.56 Å². The molecular formula is C18H24F3N3O5. The van der Waals surface area contributed by atoms with E-state index in [-0.39, 0.29) is 11.6 Å². The van der Waals surface area contributed by atoms with Gasteiger partial charge in [-0.1, -0.05) is 30.3 Å². The summed E-state index contributed by atoms with van der Waals surface area (Å²) in [5.74, 6) is -1.20. The molecule has 1 unspecified atom stereocenters. The van der Waals surface area contributed by atoms with E-state index in [4.69, 9.17) is 9.47 Å². The average Bonchev–Trinajstić information content (AvgIpc) is 2.56. The fourth-order valence-corrected chi connectivity index (χ4v) is 2.00. The maximum Gasteiger partial charge on any atom is 0.426 e. The van der Waals surface area contributed by atoms with E-state index in [9.17, 15) is 27.6 Å². The number of carbonyl (C=O) groups excluding carboxylic acids is 3. The SMILES string of the molecule is CC(NC(=O)OCc1ccccc1)C(=O)N(CC(F)(F)F)NC(=O)OC(C)(C)C. The van der Waals surface area contributed by atoms with E-state index >= 15 is 0 Å². The number of hydrogen-bond donors (Lipinski definition) is 2. The Morgan fingerprint density at radius 2 is 1.66 bits per heavy atom. The van der Waals surface area contributed by atoms with Crippen LogP contribution in [-0.4, -0.2) is 47.5 Å². The van der Waals surface area contributed by atoms with Crippen LogP contribution in [0.2, 0.25) is 0 Å². The lowest BCUT2D eigenvalue weighted by Crippen LogP contribution is -2.57. The van der Waals surface area contributed by atoms with Crippen LogP contribution in [0.1, 0.15) is 33.3 Å². The summed E-state index contributed by atoms with van der Waals surface area (Å²) in [6.45, 7) is 3.83. The van der Waals surface area contributed by atoms with Crippen LogP contribution < -0.4 is 10.7 Å². The quantitative estimate of drug-likeness (QED) is 0.715. The summed E-state index contributed by atoms with van der Waals surface area (Å²) in [5, 5.41) is 2.16. The van der Waals surface area contributed by atoms with Gasteiger partial charge in [-0.2, -0.15) is 13.2 Å². The number of halogens is 3. The third-order valence-corrected chi connectivity index (χ3v) is 3.15. The number of carbonyl (C=O) groups is 3. The smallest absolute Gasteiger partial charge is 0.426 e. The van der Waals surface area contributed by atoms with Crippen molar-refractivity contribution >= 4 is 18.1 Å². The summed E-state index contributed by atoms with van der Waals surface area (Å²) in [7, 11) is 0. The molecule has 0 radical (unpaired) electrons. The van der Waals surface area contributed by atoms with Gasteiger partial charge in [0, 0.05) is 0 Å². The minimum Gasteiger partial charge on any atom is -0.445 e. The number of hydrogen-bond acceptors (Lipinski definition) is 5. The minimum absolute atomic E-state index is 0.0379. The Bertz CT molecular complexity index is 705. The van der Waals surface area contributed by atoms with Gasteiger partial charge < -0.3 is 14.8 Å². The number of alkyl halides is 3. The Hall–Kier alpha value is -2.98. The van der Waals surface area contributed by atoms with Gasteiger partial charge in [0.15, 0.2) is 0 Å². The molecule has 1 rings (SSSR count). The molecule has 0 spiro atoms. The summed E-state index contributed by atoms with van der Waals surface area (Å²) >= 11 is 0. The van der Waals surface area contributed by atoms with E-state index in [0.717, 1.165) is 6.92 Å². The largest absolute Gasteiger partial charge is 0.445 e. The van der Waals surface area contributed by atoms with Crippen LogP contribution in [0, 0.1) is 0 Å². The number of amides is 3. The van der Waals surface area contributed by atoms with Crippen molar-refractivity contribution in [1.82, 2.24) is 15.8 Å². The zero-order valence-corrected chi connectivity index (χ0v) is 16.5. The molecule has 1 aromatic rings. The molecule has 1 aromatic carbocycles. The van der Waals surface area contributed by atoms with Crippen LogP contribution in [0.3, 0.4) is 0 Å². The molecular weight excluding hydrogens is 395 g/mol. The number of benzene rings is 1. The summed E-state index contributed by atoms with van der Waals surface area (Å²) in [6, 6.07) is 7.25. The Labute approximate surface area is 166 Å². The number of nitrogens with zero attached hydrogens (tertiary/aromatic N) is 1. The van der Waals surface area contributed by atoms with Gasteiger partial charge in [0.1, 0.15) is 24.8 Å². The molecule has 11 heteroatoms. The summed E-state index contributed by atoms with van der Waals surface area (Å²) in [5.41, 5.74) is 1.46. The lowest BCUT2D eigenvalue weighted by molar-refractivity contribution is -0.167. The number of nitrogens with one attached hydrogen (secondary N) is 2. The van der Waals surface area contributed by atoms with Crippen molar-refractivity contribution in [2.45, 2.75) is 52.1 Å². The van der Waals surface area contributed by atoms with Crippen molar-refractivity contribution in [3.8, 4) is 0 Å². The van der Waals surface area contributed by atoms with Crippen LogP contribution in [0.5, 0.6) is 0 Å². The van der Waals surface area contributed by atoms with Gasteiger partial charge in [-0.05, 0) is 33.3 Å². The molecule has 0 bridgehead atoms. The van der Waals surface area contributed by atoms with Crippen LogP contribution in [0.15, 0.2) is 30.3 Å². The van der Waals surface area contributed by atoms with E-state index in [1.807, 2.05) is 0 Å². The molecule has 3 amide bonds. The predicted octanol–water partition coefficient (Wildman–Crippen LogP) is 3.13. The van der Waals surface area contributed by atoms with Crippen LogP contribution in [-0.2, 0) is 20.9 Å². The van der Waals surface area contributed by atoms with Crippen LogP contribution in [0.4, 0.5) is 22.8 Å². The van der Waals surface area contributed by atoms with Crippen LogP contribution in [0.25, 0.3) is 0 Å². The lowest BCUT2D eigenvalue weighted by atomic mass is 10.2. The first kappa shape index (κ1) is 24.1. The second-order valence-corrected chi connectivity index (χ2v) is 7.08. The number of ether oxygens (including phenoxy) is 2. The standard InChI is InChI=1S/C18H24F3N3O5/c1-12(22-15(26)28-10-13-8-6-5-7-9-13)14(25)24(11-18(19,20)21)23-16(27)29-17(2,3)4/h5-9,12H,10-11H2,1-4H3,(H,22,26)(H,23,27). The average molecular weight is 419 g/mol. The first-order valence-electron chi connectivity index (χ1n) is 8.62. The third-order valence-electron chi connectivity index (χ3n) is 3.15. The van der Waals surface area contributed by atoms with Crippen molar-refractivity contribution in [3.05, 3.63) is 35.9 Å². The molecule has 0 saturated heterocycles. The highest BCUT2D eigenvalue weighted by Crippen LogP contribution is 2.16. The van der Waals surface area contributed by atoms with Gasteiger partial charge in [0.25, 0.3) is 5.91 Å². The fraction of sp³-hybridized carbons (Fsp3) is 0.500. The Morgan fingerprint density at radius 1 is 1.07 bits per heavy atom. The van der Waals surface area contributed by atoms with Gasteiger partial charge in [-0.15, -0.1) is 0 Å². The van der Waals surface area contributed by atoms with E-state index in [1.165, 1.54) is 20.8 Å². The molecule has 0 heterocycles. The number of alkyl carbamates (subject to hydrolysis) is 1. The molecule has 29 heavy (non-hydrogen) atoms. The molecule has 0 saturated carbocycles. The highest BCUT2D eigenvalue weighted by Gasteiger charge is 2.36. The molecule has 0 aliphatic heterocycles. The van der Waals surface area contributed by atoms with Crippen LogP contribution >= 0.6 is 0 Å². The lowest BCUT2D eigenvalue weighted by Gasteiger charge is -2.28.